The molecule has 2 heterocycles. The molecule has 8 heteroatoms. The number of aryl methyl sites for hydroxylation is 2. The van der Waals surface area contributed by atoms with Gasteiger partial charge in [-0.1, -0.05) is 6.07 Å². The van der Waals surface area contributed by atoms with Gasteiger partial charge in [0.05, 0.1) is 18.6 Å². The van der Waals surface area contributed by atoms with E-state index in [1.54, 1.807) is 36.8 Å². The second-order valence-electron chi connectivity index (χ2n) is 7.27. The van der Waals surface area contributed by atoms with Gasteiger partial charge in [-0.05, 0) is 37.5 Å². The van der Waals surface area contributed by atoms with Gasteiger partial charge in [-0.2, -0.15) is 5.10 Å². The first kappa shape index (κ1) is 18.9. The van der Waals surface area contributed by atoms with Crippen LogP contribution in [0, 0.1) is 0 Å². The predicted octanol–water partition coefficient (Wildman–Crippen LogP) is 2.45. The Kier molecular flexibility index (Phi) is 5.41. The van der Waals surface area contributed by atoms with E-state index in [-0.39, 0.29) is 17.9 Å². The van der Waals surface area contributed by atoms with Crippen LogP contribution >= 0.6 is 0 Å². The number of fused-ring (bicyclic) bond motifs is 1. The molecule has 1 atom stereocenters. The number of carbonyl (C=O) groups excluding carboxylic acids is 2. The van der Waals surface area contributed by atoms with Crippen LogP contribution in [0.25, 0.3) is 0 Å². The molecule has 0 aliphatic heterocycles. The Labute approximate surface area is 168 Å². The summed E-state index contributed by atoms with van der Waals surface area (Å²) in [5.74, 6) is -0.259. The van der Waals surface area contributed by atoms with Crippen LogP contribution in [0.2, 0.25) is 0 Å². The summed E-state index contributed by atoms with van der Waals surface area (Å²) in [4.78, 5) is 28.9. The van der Waals surface area contributed by atoms with Crippen LogP contribution in [0.1, 0.15) is 46.9 Å². The van der Waals surface area contributed by atoms with Gasteiger partial charge in [0.15, 0.2) is 0 Å². The molecule has 150 valence electrons. The summed E-state index contributed by atoms with van der Waals surface area (Å²) in [5, 5.41) is 10.3. The van der Waals surface area contributed by atoms with E-state index in [0.717, 1.165) is 24.8 Å². The van der Waals surface area contributed by atoms with Crippen molar-refractivity contribution in [1.82, 2.24) is 24.6 Å². The number of anilines is 1. The molecule has 1 aliphatic rings. The van der Waals surface area contributed by atoms with Gasteiger partial charge in [0.2, 0.25) is 5.91 Å². The van der Waals surface area contributed by atoms with Crippen molar-refractivity contribution >= 4 is 17.5 Å². The van der Waals surface area contributed by atoms with Crippen LogP contribution < -0.4 is 10.6 Å². The van der Waals surface area contributed by atoms with Gasteiger partial charge >= 0.3 is 0 Å². The molecule has 2 amide bonds. The molecule has 8 nitrogen and oxygen atoms in total. The Morgan fingerprint density at radius 2 is 2.21 bits per heavy atom. The third-order valence-electron chi connectivity index (χ3n) is 5.25. The Morgan fingerprint density at radius 1 is 1.31 bits per heavy atom. The summed E-state index contributed by atoms with van der Waals surface area (Å²) < 4.78 is 3.73. The summed E-state index contributed by atoms with van der Waals surface area (Å²) in [5.41, 5.74) is 3.41. The highest BCUT2D eigenvalue weighted by molar-refractivity contribution is 5.97. The number of hydrogen-bond acceptors (Lipinski definition) is 4. The summed E-state index contributed by atoms with van der Waals surface area (Å²) in [6.07, 6.45) is 10.3. The maximum atomic E-state index is 12.8. The molecule has 1 unspecified atom stereocenters. The maximum absolute atomic E-state index is 12.8. The Hall–Kier alpha value is -3.42. The molecule has 0 saturated heterocycles. The van der Waals surface area contributed by atoms with Crippen molar-refractivity contribution in [2.24, 2.45) is 7.05 Å². The minimum absolute atomic E-state index is 0.0339. The van der Waals surface area contributed by atoms with Crippen molar-refractivity contribution in [3.8, 4) is 0 Å². The zero-order valence-electron chi connectivity index (χ0n) is 16.3. The number of hydrogen-bond donors (Lipinski definition) is 2. The van der Waals surface area contributed by atoms with E-state index in [1.165, 1.54) is 5.69 Å². The zero-order valence-corrected chi connectivity index (χ0v) is 16.3. The van der Waals surface area contributed by atoms with E-state index < -0.39 is 0 Å². The average Bonchev–Trinajstić information content (AvgIpc) is 3.37. The summed E-state index contributed by atoms with van der Waals surface area (Å²) >= 11 is 0. The van der Waals surface area contributed by atoms with Crippen molar-refractivity contribution in [1.29, 1.82) is 0 Å². The molecule has 0 saturated carbocycles. The van der Waals surface area contributed by atoms with Crippen LogP contribution in [-0.4, -0.2) is 31.1 Å². The lowest BCUT2D eigenvalue weighted by Crippen LogP contribution is -2.31. The second-order valence-corrected chi connectivity index (χ2v) is 7.27. The number of benzene rings is 1. The van der Waals surface area contributed by atoms with Crippen LogP contribution in [-0.2, 0) is 24.8 Å². The van der Waals surface area contributed by atoms with Gasteiger partial charge in [0.1, 0.15) is 0 Å². The lowest BCUT2D eigenvalue weighted by atomic mass is 9.92. The van der Waals surface area contributed by atoms with Gasteiger partial charge in [-0.25, -0.2) is 4.98 Å². The molecule has 1 aromatic carbocycles. The highest BCUT2D eigenvalue weighted by Gasteiger charge is 2.25. The van der Waals surface area contributed by atoms with Crippen LogP contribution in [0.5, 0.6) is 0 Å². The number of aromatic nitrogens is 4. The summed E-state index contributed by atoms with van der Waals surface area (Å²) in [6.45, 7) is 0.557. The molecule has 29 heavy (non-hydrogen) atoms. The molecular formula is C21H24N6O2. The smallest absolute Gasteiger partial charge is 0.251 e. The lowest BCUT2D eigenvalue weighted by molar-refractivity contribution is -0.116. The van der Waals surface area contributed by atoms with E-state index in [4.69, 9.17) is 0 Å². The van der Waals surface area contributed by atoms with Crippen molar-refractivity contribution in [2.75, 3.05) is 5.32 Å². The van der Waals surface area contributed by atoms with Crippen LogP contribution in [0.4, 0.5) is 5.69 Å². The van der Waals surface area contributed by atoms with E-state index in [2.05, 4.69) is 20.7 Å². The molecule has 2 aromatic heterocycles. The quantitative estimate of drug-likeness (QED) is 0.674. The standard InChI is InChI=1S/C21H24N6O2/c1-26-19-7-3-6-18(17(19)13-23-26)25-21(29)15-4-2-5-16(12-15)24-20(28)8-10-27-11-9-22-14-27/h2,4-5,9,11-14,18H,3,6-8,10H2,1H3,(H,24,28)(H,25,29). The van der Waals surface area contributed by atoms with Gasteiger partial charge in [0.25, 0.3) is 5.91 Å². The predicted molar refractivity (Wildman–Crippen MR) is 108 cm³/mol. The van der Waals surface area contributed by atoms with Gasteiger partial charge < -0.3 is 15.2 Å². The van der Waals surface area contributed by atoms with Crippen LogP contribution in [0.3, 0.4) is 0 Å². The van der Waals surface area contributed by atoms with Crippen LogP contribution in [0.15, 0.2) is 49.2 Å². The fraction of sp³-hybridized carbons (Fsp3) is 0.333. The van der Waals surface area contributed by atoms with E-state index in [1.807, 2.05) is 28.7 Å². The number of amides is 2. The molecule has 0 bridgehead atoms. The molecule has 1 aliphatic carbocycles. The highest BCUT2D eigenvalue weighted by atomic mass is 16.2. The van der Waals surface area contributed by atoms with Crippen molar-refractivity contribution in [3.05, 3.63) is 66.0 Å². The molecular weight excluding hydrogens is 368 g/mol. The van der Waals surface area contributed by atoms with E-state index in [9.17, 15) is 9.59 Å². The first-order valence-corrected chi connectivity index (χ1v) is 9.77. The molecule has 2 N–H and O–H groups in total. The lowest BCUT2D eigenvalue weighted by Gasteiger charge is -2.24. The Morgan fingerprint density at radius 3 is 3.03 bits per heavy atom. The number of imidazole rings is 1. The largest absolute Gasteiger partial charge is 0.345 e. The topological polar surface area (TPSA) is 93.8 Å². The third kappa shape index (κ3) is 4.37. The van der Waals surface area contributed by atoms with Gasteiger partial charge in [-0.15, -0.1) is 0 Å². The number of nitrogens with one attached hydrogen (secondary N) is 2. The second kappa shape index (κ2) is 8.30. The van der Waals surface area contributed by atoms with E-state index >= 15 is 0 Å². The van der Waals surface area contributed by atoms with Crippen molar-refractivity contribution in [3.63, 3.8) is 0 Å². The Balaban J connectivity index is 1.38. The van der Waals surface area contributed by atoms with E-state index in [0.29, 0.717) is 24.2 Å². The summed E-state index contributed by atoms with van der Waals surface area (Å²) in [6, 6.07) is 6.98. The van der Waals surface area contributed by atoms with Gasteiger partial charge in [0, 0.05) is 54.9 Å². The molecule has 0 spiro atoms. The normalized spacial score (nSPS) is 15.6. The average molecular weight is 392 g/mol. The first-order chi connectivity index (χ1) is 14.1. The van der Waals surface area contributed by atoms with Crippen molar-refractivity contribution in [2.45, 2.75) is 38.3 Å². The molecule has 3 aromatic rings. The fourth-order valence-electron chi connectivity index (χ4n) is 3.71. The van der Waals surface area contributed by atoms with Crippen molar-refractivity contribution < 1.29 is 9.59 Å². The molecule has 0 fully saturated rings. The molecule has 4 rings (SSSR count). The fourth-order valence-corrected chi connectivity index (χ4v) is 3.71. The molecule has 0 radical (unpaired) electrons. The zero-order chi connectivity index (χ0) is 20.2. The highest BCUT2D eigenvalue weighted by Crippen LogP contribution is 2.29. The number of rotatable bonds is 6. The number of nitrogens with zero attached hydrogens (tertiary/aromatic N) is 4. The Bertz CT molecular complexity index is 1010. The minimum atomic E-state index is -0.152. The minimum Gasteiger partial charge on any atom is -0.345 e. The maximum Gasteiger partial charge on any atom is 0.251 e. The SMILES string of the molecule is Cn1ncc2c1CCCC2NC(=O)c1cccc(NC(=O)CCn2ccnc2)c1. The monoisotopic (exact) mass is 392 g/mol. The number of carbonyl (C=O) groups is 2. The third-order valence-corrected chi connectivity index (χ3v) is 5.25. The van der Waals surface area contributed by atoms with Gasteiger partial charge in [-0.3, -0.25) is 14.3 Å². The first-order valence-electron chi connectivity index (χ1n) is 9.77. The summed E-state index contributed by atoms with van der Waals surface area (Å²) in [7, 11) is 1.93.